The van der Waals surface area contributed by atoms with Gasteiger partial charge >= 0.3 is 12.1 Å². The van der Waals surface area contributed by atoms with Gasteiger partial charge in [-0.2, -0.15) is 18.7 Å². The molecule has 0 spiro atoms. The van der Waals surface area contributed by atoms with Crippen molar-refractivity contribution in [1.82, 2.24) is 10.2 Å². The average Bonchev–Trinajstić information content (AvgIpc) is 2.59. The first-order chi connectivity index (χ1) is 12.5. The van der Waals surface area contributed by atoms with Crippen molar-refractivity contribution >= 4 is 32.5 Å². The summed E-state index contributed by atoms with van der Waals surface area (Å²) >= 11 is 0. The summed E-state index contributed by atoms with van der Waals surface area (Å²) in [6, 6.07) is 10.1. The number of hydrogen-bond acceptors (Lipinski definition) is 6. The molecule has 0 heterocycles. The van der Waals surface area contributed by atoms with Crippen LogP contribution in [0.1, 0.15) is 0 Å². The van der Waals surface area contributed by atoms with E-state index in [-0.39, 0.29) is 18.0 Å². The second-order valence-electron chi connectivity index (χ2n) is 5.70. The number of carbonyl (C=O) groups is 1. The average molecular weight is 405 g/mol. The number of alkyl halides is 3. The summed E-state index contributed by atoms with van der Waals surface area (Å²) in [5, 5.41) is 1.25. The minimum Gasteiger partial charge on any atom is -0.377 e. The zero-order valence-electron chi connectivity index (χ0n) is 14.5. The maximum Gasteiger partial charge on any atom is 0.492 e. The van der Waals surface area contributed by atoms with Crippen molar-refractivity contribution in [1.29, 1.82) is 0 Å². The molecule has 27 heavy (non-hydrogen) atoms. The van der Waals surface area contributed by atoms with Crippen molar-refractivity contribution in [3.8, 4) is 0 Å². The van der Waals surface area contributed by atoms with E-state index in [2.05, 4.69) is 9.56 Å². The molecule has 2 aromatic carbocycles. The Morgan fingerprint density at radius 2 is 1.70 bits per heavy atom. The first kappa shape index (κ1) is 20.9. The Morgan fingerprint density at radius 1 is 1.07 bits per heavy atom. The Kier molecular flexibility index (Phi) is 6.29. The molecule has 0 amide bonds. The lowest BCUT2D eigenvalue weighted by molar-refractivity contribution is -0.206. The second kappa shape index (κ2) is 8.11. The number of halogens is 3. The SMILES string of the molecule is CN(C)c1cccc2c(S(=O)(=O)NCCNOC(=O)C(F)(F)F)cccc12. The molecular formula is C16H18F3N3O4S. The summed E-state index contributed by atoms with van der Waals surface area (Å²) in [6.45, 7) is -0.619. The molecule has 0 radical (unpaired) electrons. The molecule has 0 bridgehead atoms. The van der Waals surface area contributed by atoms with Gasteiger partial charge in [0.25, 0.3) is 0 Å². The number of nitrogens with zero attached hydrogens (tertiary/aromatic N) is 1. The first-order valence-electron chi connectivity index (χ1n) is 7.73. The number of carbonyl (C=O) groups excluding carboxylic acids is 1. The quantitative estimate of drug-likeness (QED) is 0.540. The van der Waals surface area contributed by atoms with E-state index in [1.165, 1.54) is 6.07 Å². The molecule has 0 aliphatic rings. The van der Waals surface area contributed by atoms with Gasteiger partial charge in [0.05, 0.1) is 4.90 Å². The summed E-state index contributed by atoms with van der Waals surface area (Å²) in [4.78, 5) is 16.2. The number of anilines is 1. The molecule has 0 unspecified atom stereocenters. The smallest absolute Gasteiger partial charge is 0.377 e. The van der Waals surface area contributed by atoms with Crippen LogP contribution >= 0.6 is 0 Å². The van der Waals surface area contributed by atoms with Crippen LogP contribution in [0.25, 0.3) is 10.8 Å². The molecule has 0 saturated carbocycles. The third-order valence-corrected chi connectivity index (χ3v) is 5.07. The van der Waals surface area contributed by atoms with Gasteiger partial charge in [-0.25, -0.2) is 17.9 Å². The minimum atomic E-state index is -5.13. The Balaban J connectivity index is 2.09. The van der Waals surface area contributed by atoms with Crippen LogP contribution in [0.2, 0.25) is 0 Å². The molecule has 7 nitrogen and oxygen atoms in total. The number of sulfonamides is 1. The van der Waals surface area contributed by atoms with Crippen LogP contribution in [0.5, 0.6) is 0 Å². The molecule has 0 atom stereocenters. The van der Waals surface area contributed by atoms with E-state index >= 15 is 0 Å². The standard InChI is InChI=1S/C16H18F3N3O4S/c1-22(2)13-7-3-6-12-11(13)5-4-8-14(12)27(24,25)21-10-9-20-26-15(23)16(17,18)19/h3-8,20-21H,9-10H2,1-2H3. The fraction of sp³-hybridized carbons (Fsp3) is 0.312. The van der Waals surface area contributed by atoms with Crippen LogP contribution in [-0.2, 0) is 19.7 Å². The molecule has 0 aromatic heterocycles. The van der Waals surface area contributed by atoms with Gasteiger partial charge in [-0.05, 0) is 12.1 Å². The maximum atomic E-state index is 12.5. The van der Waals surface area contributed by atoms with Crippen molar-refractivity contribution in [3.63, 3.8) is 0 Å². The summed E-state index contributed by atoms with van der Waals surface area (Å²) in [5.74, 6) is -2.41. The number of hydroxylamine groups is 1. The van der Waals surface area contributed by atoms with E-state index in [1.807, 2.05) is 25.1 Å². The number of benzene rings is 2. The summed E-state index contributed by atoms with van der Waals surface area (Å²) < 4.78 is 63.3. The van der Waals surface area contributed by atoms with E-state index in [1.54, 1.807) is 29.7 Å². The highest BCUT2D eigenvalue weighted by atomic mass is 32.2. The van der Waals surface area contributed by atoms with Gasteiger partial charge in [-0.3, -0.25) is 0 Å². The lowest BCUT2D eigenvalue weighted by Crippen LogP contribution is -2.36. The van der Waals surface area contributed by atoms with Crippen molar-refractivity contribution < 1.29 is 31.2 Å². The van der Waals surface area contributed by atoms with Crippen molar-refractivity contribution in [2.24, 2.45) is 0 Å². The Labute approximate surface area is 154 Å². The summed E-state index contributed by atoms with van der Waals surface area (Å²) in [6.07, 6.45) is -5.13. The number of nitrogens with one attached hydrogen (secondary N) is 2. The summed E-state index contributed by atoms with van der Waals surface area (Å²) in [7, 11) is -0.259. The molecule has 2 rings (SSSR count). The van der Waals surface area contributed by atoms with Crippen LogP contribution in [0.3, 0.4) is 0 Å². The van der Waals surface area contributed by atoms with Gasteiger partial charge < -0.3 is 9.74 Å². The van der Waals surface area contributed by atoms with Gasteiger partial charge in [-0.1, -0.05) is 24.3 Å². The minimum absolute atomic E-state index is 0.0380. The molecule has 148 valence electrons. The highest BCUT2D eigenvalue weighted by Gasteiger charge is 2.41. The van der Waals surface area contributed by atoms with Crippen molar-refractivity contribution in [3.05, 3.63) is 36.4 Å². The summed E-state index contributed by atoms with van der Waals surface area (Å²) in [5.41, 5.74) is 2.61. The number of fused-ring (bicyclic) bond motifs is 1. The zero-order valence-corrected chi connectivity index (χ0v) is 15.3. The fourth-order valence-corrected chi connectivity index (χ4v) is 3.63. The maximum absolute atomic E-state index is 12.5. The predicted molar refractivity (Wildman–Crippen MR) is 93.6 cm³/mol. The van der Waals surface area contributed by atoms with Crippen molar-refractivity contribution in [2.75, 3.05) is 32.1 Å². The van der Waals surface area contributed by atoms with E-state index in [4.69, 9.17) is 0 Å². The fourth-order valence-electron chi connectivity index (χ4n) is 2.38. The van der Waals surface area contributed by atoms with Crippen LogP contribution < -0.4 is 15.1 Å². The third kappa shape index (κ3) is 5.08. The number of hydrogen-bond donors (Lipinski definition) is 2. The molecular weight excluding hydrogens is 387 g/mol. The second-order valence-corrected chi connectivity index (χ2v) is 7.44. The van der Waals surface area contributed by atoms with Gasteiger partial charge in [0, 0.05) is 43.6 Å². The van der Waals surface area contributed by atoms with E-state index in [0.29, 0.717) is 5.39 Å². The van der Waals surface area contributed by atoms with Crippen LogP contribution in [0.15, 0.2) is 41.3 Å². The highest BCUT2D eigenvalue weighted by Crippen LogP contribution is 2.29. The van der Waals surface area contributed by atoms with Crippen molar-refractivity contribution in [2.45, 2.75) is 11.1 Å². The molecule has 2 aromatic rings. The van der Waals surface area contributed by atoms with E-state index < -0.39 is 22.2 Å². The molecule has 0 fully saturated rings. The molecule has 2 N–H and O–H groups in total. The zero-order chi connectivity index (χ0) is 20.2. The molecule has 11 heteroatoms. The number of rotatable bonds is 7. The lowest BCUT2D eigenvalue weighted by atomic mass is 10.1. The van der Waals surface area contributed by atoms with Gasteiger partial charge in [0.1, 0.15) is 0 Å². The molecule has 0 aliphatic carbocycles. The Hall–Kier alpha value is -2.37. The van der Waals surface area contributed by atoms with Crippen LogP contribution in [0.4, 0.5) is 18.9 Å². The topological polar surface area (TPSA) is 87.7 Å². The Bertz CT molecular complexity index is 930. The largest absolute Gasteiger partial charge is 0.492 e. The van der Waals surface area contributed by atoms with Crippen LogP contribution in [0, 0.1) is 0 Å². The van der Waals surface area contributed by atoms with Gasteiger partial charge in [0.2, 0.25) is 10.0 Å². The highest BCUT2D eigenvalue weighted by molar-refractivity contribution is 7.89. The van der Waals surface area contributed by atoms with E-state index in [9.17, 15) is 26.4 Å². The molecule has 0 saturated heterocycles. The van der Waals surface area contributed by atoms with Crippen LogP contribution in [-0.4, -0.2) is 47.7 Å². The van der Waals surface area contributed by atoms with Gasteiger partial charge in [-0.15, -0.1) is 0 Å². The monoisotopic (exact) mass is 405 g/mol. The molecule has 0 aliphatic heterocycles. The predicted octanol–water partition coefficient (Wildman–Crippen LogP) is 1.79. The van der Waals surface area contributed by atoms with E-state index in [0.717, 1.165) is 11.1 Å². The first-order valence-corrected chi connectivity index (χ1v) is 9.22. The normalized spacial score (nSPS) is 12.2. The lowest BCUT2D eigenvalue weighted by Gasteiger charge is -2.17. The van der Waals surface area contributed by atoms with Gasteiger partial charge in [0.15, 0.2) is 0 Å². The third-order valence-electron chi connectivity index (χ3n) is 3.55. The Morgan fingerprint density at radius 3 is 2.33 bits per heavy atom.